The van der Waals surface area contributed by atoms with Gasteiger partial charge in [0.05, 0.1) is 6.10 Å². The van der Waals surface area contributed by atoms with Gasteiger partial charge in [0.1, 0.15) is 11.7 Å². The largest absolute Gasteiger partial charge is 0.462 e. The molecule has 0 aromatic carbocycles. The number of epoxide rings is 1. The first-order chi connectivity index (χ1) is 15.1. The molecule has 4 aliphatic carbocycles. The normalized spacial score (nSPS) is 50.1. The van der Waals surface area contributed by atoms with E-state index in [2.05, 4.69) is 34.6 Å². The molecule has 32 heavy (non-hydrogen) atoms. The summed E-state index contributed by atoms with van der Waals surface area (Å²) < 4.78 is 12.3. The van der Waals surface area contributed by atoms with E-state index >= 15 is 0 Å². The number of esters is 1. The van der Waals surface area contributed by atoms with E-state index in [-0.39, 0.29) is 23.1 Å². The van der Waals surface area contributed by atoms with Crippen molar-refractivity contribution in [3.8, 4) is 0 Å². The van der Waals surface area contributed by atoms with Crippen LogP contribution in [0.3, 0.4) is 0 Å². The van der Waals surface area contributed by atoms with Gasteiger partial charge in [0, 0.05) is 18.8 Å². The van der Waals surface area contributed by atoms with E-state index in [0.717, 1.165) is 48.3 Å². The van der Waals surface area contributed by atoms with E-state index in [9.17, 15) is 4.79 Å². The third-order valence-electron chi connectivity index (χ3n) is 11.6. The third-order valence-corrected chi connectivity index (χ3v) is 11.6. The molecule has 0 amide bonds. The second-order valence-electron chi connectivity index (χ2n) is 13.5. The number of hydrogen-bond donors (Lipinski definition) is 0. The molecule has 0 bridgehead atoms. The molecule has 10 atom stereocenters. The minimum atomic E-state index is -0.131. The molecule has 3 heteroatoms. The number of ether oxygens (including phenoxy) is 2. The average Bonchev–Trinajstić information content (AvgIpc) is 3.28. The molecule has 0 radical (unpaired) electrons. The van der Waals surface area contributed by atoms with Crippen LogP contribution in [0.2, 0.25) is 0 Å². The van der Waals surface area contributed by atoms with Gasteiger partial charge >= 0.3 is 5.97 Å². The van der Waals surface area contributed by atoms with Crippen LogP contribution in [-0.2, 0) is 14.3 Å². The zero-order chi connectivity index (χ0) is 22.9. The quantitative estimate of drug-likeness (QED) is 0.322. The highest BCUT2D eigenvalue weighted by molar-refractivity contribution is 5.66. The van der Waals surface area contributed by atoms with Crippen molar-refractivity contribution in [2.75, 3.05) is 0 Å². The first kappa shape index (κ1) is 23.2. The van der Waals surface area contributed by atoms with Crippen molar-refractivity contribution >= 4 is 5.97 Å². The highest BCUT2D eigenvalue weighted by Gasteiger charge is 2.76. The van der Waals surface area contributed by atoms with Crippen molar-refractivity contribution in [3.63, 3.8) is 0 Å². The predicted molar refractivity (Wildman–Crippen MR) is 128 cm³/mol. The van der Waals surface area contributed by atoms with E-state index in [1.807, 2.05) is 0 Å². The summed E-state index contributed by atoms with van der Waals surface area (Å²) in [5.74, 6) is 5.03. The van der Waals surface area contributed by atoms with Gasteiger partial charge in [-0.15, -0.1) is 0 Å². The maximum absolute atomic E-state index is 11.6. The molecular formula is C29H48O3. The van der Waals surface area contributed by atoms with Gasteiger partial charge in [-0.1, -0.05) is 53.9 Å². The summed E-state index contributed by atoms with van der Waals surface area (Å²) >= 11 is 0. The van der Waals surface area contributed by atoms with Gasteiger partial charge in [-0.3, -0.25) is 4.79 Å². The lowest BCUT2D eigenvalue weighted by Crippen LogP contribution is -2.59. The molecular weight excluding hydrogens is 396 g/mol. The van der Waals surface area contributed by atoms with Gasteiger partial charge in [0.2, 0.25) is 0 Å². The average molecular weight is 445 g/mol. The summed E-state index contributed by atoms with van der Waals surface area (Å²) in [5.41, 5.74) is 0.820. The van der Waals surface area contributed by atoms with Gasteiger partial charge < -0.3 is 9.47 Å². The Balaban J connectivity index is 1.30. The summed E-state index contributed by atoms with van der Waals surface area (Å²) in [6.07, 6.45) is 14.8. The summed E-state index contributed by atoms with van der Waals surface area (Å²) in [6.45, 7) is 14.1. The van der Waals surface area contributed by atoms with Crippen molar-refractivity contribution in [3.05, 3.63) is 0 Å². The van der Waals surface area contributed by atoms with Crippen molar-refractivity contribution < 1.29 is 14.3 Å². The minimum absolute atomic E-state index is 0.00240. The van der Waals surface area contributed by atoms with E-state index in [1.165, 1.54) is 57.8 Å². The lowest BCUT2D eigenvalue weighted by Gasteiger charge is -2.59. The minimum Gasteiger partial charge on any atom is -0.462 e. The molecule has 182 valence electrons. The van der Waals surface area contributed by atoms with Crippen LogP contribution in [0.25, 0.3) is 0 Å². The molecule has 0 aromatic rings. The van der Waals surface area contributed by atoms with E-state index in [1.54, 1.807) is 6.92 Å². The maximum Gasteiger partial charge on any atom is 0.302 e. The third kappa shape index (κ3) is 3.42. The summed E-state index contributed by atoms with van der Waals surface area (Å²) in [5, 5.41) is 0. The lowest BCUT2D eigenvalue weighted by molar-refractivity contribution is -0.157. The monoisotopic (exact) mass is 444 g/mol. The topological polar surface area (TPSA) is 38.8 Å². The van der Waals surface area contributed by atoms with Crippen molar-refractivity contribution in [2.45, 2.75) is 130 Å². The van der Waals surface area contributed by atoms with Gasteiger partial charge in [-0.25, -0.2) is 0 Å². The zero-order valence-electron chi connectivity index (χ0n) is 21.6. The van der Waals surface area contributed by atoms with Crippen LogP contribution in [0.4, 0.5) is 0 Å². The molecule has 1 heterocycles. The van der Waals surface area contributed by atoms with Crippen molar-refractivity contribution in [1.82, 2.24) is 0 Å². The summed E-state index contributed by atoms with van der Waals surface area (Å²) in [4.78, 5) is 11.6. The number of carbonyl (C=O) groups is 1. The molecule has 0 aromatic heterocycles. The fourth-order valence-electron chi connectivity index (χ4n) is 10.00. The van der Waals surface area contributed by atoms with Crippen LogP contribution < -0.4 is 0 Å². The van der Waals surface area contributed by atoms with Gasteiger partial charge in [-0.05, 0) is 85.9 Å². The Hall–Kier alpha value is -0.570. The number of hydrogen-bond acceptors (Lipinski definition) is 3. The Bertz CT molecular complexity index is 732. The van der Waals surface area contributed by atoms with E-state index in [0.29, 0.717) is 11.5 Å². The number of carbonyl (C=O) groups excluding carboxylic acids is 1. The molecule has 4 saturated carbocycles. The fourth-order valence-corrected chi connectivity index (χ4v) is 10.00. The fraction of sp³-hybridized carbons (Fsp3) is 0.966. The summed E-state index contributed by atoms with van der Waals surface area (Å²) in [6, 6.07) is 0. The zero-order valence-corrected chi connectivity index (χ0v) is 21.6. The molecule has 0 N–H and O–H groups in total. The smallest absolute Gasteiger partial charge is 0.302 e. The van der Waals surface area contributed by atoms with Gasteiger partial charge in [-0.2, -0.15) is 0 Å². The summed E-state index contributed by atoms with van der Waals surface area (Å²) in [7, 11) is 0. The molecule has 1 saturated heterocycles. The Morgan fingerprint density at radius 3 is 2.53 bits per heavy atom. The first-order valence-electron chi connectivity index (χ1n) is 14.0. The van der Waals surface area contributed by atoms with Crippen LogP contribution >= 0.6 is 0 Å². The maximum atomic E-state index is 11.6. The number of fused-ring (bicyclic) bond motifs is 4. The van der Waals surface area contributed by atoms with Crippen molar-refractivity contribution in [1.29, 1.82) is 0 Å². The van der Waals surface area contributed by atoms with E-state index in [4.69, 9.17) is 9.47 Å². The van der Waals surface area contributed by atoms with Crippen LogP contribution in [-0.4, -0.2) is 23.8 Å². The van der Waals surface area contributed by atoms with Gasteiger partial charge in [0.25, 0.3) is 0 Å². The Kier molecular flexibility index (Phi) is 5.79. The Morgan fingerprint density at radius 1 is 1.03 bits per heavy atom. The van der Waals surface area contributed by atoms with Crippen LogP contribution in [0.15, 0.2) is 0 Å². The highest BCUT2D eigenvalue weighted by Crippen LogP contribution is 2.74. The second-order valence-corrected chi connectivity index (χ2v) is 13.5. The van der Waals surface area contributed by atoms with E-state index < -0.39 is 0 Å². The highest BCUT2D eigenvalue weighted by atomic mass is 16.6. The molecule has 3 nitrogen and oxygen atoms in total. The first-order valence-corrected chi connectivity index (χ1v) is 14.0. The Labute approximate surface area is 196 Å². The standard InChI is InChI=1S/C29H48O3/c1-18(2)8-7-9-19(3)23-10-11-24-22-16-26-29(32-26)17-21(31-20(4)30)12-15-28(29,6)25(22)13-14-27(23,24)5/h18-19,21-26H,7-17H2,1-6H3/t19-,21+,22-,23+,24-,25-,26+,27+,28-,29+/m1/s1. The predicted octanol–water partition coefficient (Wildman–Crippen LogP) is 7.17. The van der Waals surface area contributed by atoms with Gasteiger partial charge in [0.15, 0.2) is 0 Å². The number of rotatable bonds is 6. The molecule has 5 rings (SSSR count). The second kappa shape index (κ2) is 7.99. The molecule has 5 aliphatic rings. The Morgan fingerprint density at radius 2 is 1.81 bits per heavy atom. The molecule has 1 spiro atoms. The molecule has 0 unspecified atom stereocenters. The lowest BCUT2D eigenvalue weighted by atomic mass is 9.44. The molecule has 1 aliphatic heterocycles. The van der Waals surface area contributed by atoms with Crippen LogP contribution in [0.5, 0.6) is 0 Å². The van der Waals surface area contributed by atoms with Crippen LogP contribution in [0, 0.1) is 46.3 Å². The SMILES string of the molecule is CC(=O)O[C@H]1CC[C@]2(C)[C@@H]3CC[C@]4(C)[C@H](CC[C@H]4[C@H](C)CCCC(C)C)[C@H]3C[C@@H]3O[C@@]32C1. The van der Waals surface area contributed by atoms with Crippen molar-refractivity contribution in [2.24, 2.45) is 46.3 Å². The van der Waals surface area contributed by atoms with Crippen LogP contribution in [0.1, 0.15) is 112 Å². The molecule has 5 fully saturated rings.